The molecular formula is C15H26N4O2. The van der Waals surface area contributed by atoms with Crippen molar-refractivity contribution in [3.8, 4) is 5.75 Å². The third kappa shape index (κ3) is 3.27. The van der Waals surface area contributed by atoms with Crippen LogP contribution in [0, 0.1) is 0 Å². The summed E-state index contributed by atoms with van der Waals surface area (Å²) in [5.41, 5.74) is 0.583. The second-order valence-corrected chi connectivity index (χ2v) is 6.08. The van der Waals surface area contributed by atoms with Gasteiger partial charge in [0.05, 0.1) is 19.3 Å². The monoisotopic (exact) mass is 294 g/mol. The number of nitrogens with zero attached hydrogens (tertiary/aromatic N) is 4. The van der Waals surface area contributed by atoms with Gasteiger partial charge in [-0.15, -0.1) is 0 Å². The quantitative estimate of drug-likeness (QED) is 0.783. The highest BCUT2D eigenvalue weighted by atomic mass is 16.5. The second kappa shape index (κ2) is 6.58. The molecule has 2 rings (SSSR count). The molecule has 1 atom stereocenters. The van der Waals surface area contributed by atoms with E-state index < -0.39 is 0 Å². The van der Waals surface area contributed by atoms with Crippen LogP contribution in [-0.2, 0) is 0 Å². The molecule has 6 heteroatoms. The van der Waals surface area contributed by atoms with E-state index in [1.54, 1.807) is 18.0 Å². The minimum absolute atomic E-state index is 0.0919. The summed E-state index contributed by atoms with van der Waals surface area (Å²) in [5.74, 6) is 0.656. The molecule has 0 aliphatic carbocycles. The topological polar surface area (TPSA) is 50.6 Å². The molecule has 1 saturated heterocycles. The van der Waals surface area contributed by atoms with Gasteiger partial charge in [0, 0.05) is 12.6 Å². The molecule has 1 aliphatic rings. The maximum absolute atomic E-state index is 13.1. The Bertz CT molecular complexity index is 498. The van der Waals surface area contributed by atoms with Gasteiger partial charge in [-0.3, -0.25) is 14.4 Å². The van der Waals surface area contributed by atoms with Gasteiger partial charge in [0.25, 0.3) is 0 Å². The van der Waals surface area contributed by atoms with Gasteiger partial charge >= 0.3 is 0 Å². The molecule has 0 aromatic carbocycles. The molecule has 1 aromatic rings. The van der Waals surface area contributed by atoms with Gasteiger partial charge in [0.1, 0.15) is 5.69 Å². The minimum Gasteiger partial charge on any atom is -0.493 e. The van der Waals surface area contributed by atoms with Crippen LogP contribution < -0.4 is 4.74 Å². The Balaban J connectivity index is 2.35. The van der Waals surface area contributed by atoms with Crippen LogP contribution in [0.1, 0.15) is 36.8 Å². The third-order valence-corrected chi connectivity index (χ3v) is 4.07. The van der Waals surface area contributed by atoms with Gasteiger partial charge in [-0.25, -0.2) is 0 Å². The van der Waals surface area contributed by atoms with Crippen LogP contribution in [0.5, 0.6) is 5.75 Å². The molecule has 6 nitrogen and oxygen atoms in total. The molecule has 0 radical (unpaired) electrons. The SMILES string of the molecule is COc1cnn(C(C)C)c1C(=O)C1CN(C)CCCN1C. The van der Waals surface area contributed by atoms with Crippen LogP contribution in [0.4, 0.5) is 0 Å². The maximum atomic E-state index is 13.1. The van der Waals surface area contributed by atoms with Crippen molar-refractivity contribution >= 4 is 5.78 Å². The lowest BCUT2D eigenvalue weighted by Crippen LogP contribution is -2.44. The number of carbonyl (C=O) groups is 1. The van der Waals surface area contributed by atoms with Gasteiger partial charge in [-0.2, -0.15) is 5.10 Å². The van der Waals surface area contributed by atoms with E-state index in [9.17, 15) is 4.79 Å². The molecule has 0 bridgehead atoms. The van der Waals surface area contributed by atoms with E-state index in [1.807, 2.05) is 20.9 Å². The summed E-state index contributed by atoms with van der Waals surface area (Å²) in [4.78, 5) is 17.4. The van der Waals surface area contributed by atoms with Gasteiger partial charge < -0.3 is 9.64 Å². The summed E-state index contributed by atoms with van der Waals surface area (Å²) in [6.45, 7) is 6.73. The van der Waals surface area contributed by atoms with Gasteiger partial charge in [0.2, 0.25) is 5.78 Å². The molecule has 1 fully saturated rings. The number of carbonyl (C=O) groups excluding carboxylic acids is 1. The number of rotatable bonds is 4. The fourth-order valence-electron chi connectivity index (χ4n) is 2.83. The van der Waals surface area contributed by atoms with Crippen molar-refractivity contribution in [2.75, 3.05) is 40.8 Å². The van der Waals surface area contributed by atoms with E-state index in [-0.39, 0.29) is 17.9 Å². The van der Waals surface area contributed by atoms with E-state index in [0.29, 0.717) is 11.4 Å². The largest absolute Gasteiger partial charge is 0.493 e. The average Bonchev–Trinajstić information content (AvgIpc) is 2.80. The van der Waals surface area contributed by atoms with Gasteiger partial charge in [-0.05, 0) is 47.5 Å². The fourth-order valence-corrected chi connectivity index (χ4v) is 2.83. The van der Waals surface area contributed by atoms with Crippen LogP contribution >= 0.6 is 0 Å². The van der Waals surface area contributed by atoms with E-state index in [4.69, 9.17) is 4.74 Å². The predicted molar refractivity (Wildman–Crippen MR) is 82.0 cm³/mol. The number of ether oxygens (including phenoxy) is 1. The molecule has 1 aliphatic heterocycles. The summed E-state index contributed by atoms with van der Waals surface area (Å²) in [7, 11) is 5.67. The fraction of sp³-hybridized carbons (Fsp3) is 0.733. The zero-order valence-electron chi connectivity index (χ0n) is 13.7. The van der Waals surface area contributed by atoms with Crippen LogP contribution in [0.3, 0.4) is 0 Å². The molecule has 118 valence electrons. The van der Waals surface area contributed by atoms with Gasteiger partial charge in [0.15, 0.2) is 5.75 Å². The van der Waals surface area contributed by atoms with Crippen LogP contribution in [0.15, 0.2) is 6.20 Å². The lowest BCUT2D eigenvalue weighted by Gasteiger charge is -2.26. The average molecular weight is 294 g/mol. The number of ketones is 1. The van der Waals surface area contributed by atoms with E-state index in [0.717, 1.165) is 26.1 Å². The molecule has 1 unspecified atom stereocenters. The number of Topliss-reactive ketones (excluding diaryl/α,β-unsaturated/α-hetero) is 1. The summed E-state index contributed by atoms with van der Waals surface area (Å²) < 4.78 is 7.11. The lowest BCUT2D eigenvalue weighted by molar-refractivity contribution is 0.0823. The summed E-state index contributed by atoms with van der Waals surface area (Å²) in [5, 5.41) is 4.31. The Labute approximate surface area is 126 Å². The smallest absolute Gasteiger partial charge is 0.203 e. The normalized spacial score (nSPS) is 21.5. The standard InChI is InChI=1S/C15H26N4O2/c1-11(2)19-14(13(21-5)9-16-19)15(20)12-10-17(3)7-6-8-18(12)4/h9,11-12H,6-8,10H2,1-5H3. The predicted octanol–water partition coefficient (Wildman–Crippen LogP) is 1.29. The summed E-state index contributed by atoms with van der Waals surface area (Å²) >= 11 is 0. The minimum atomic E-state index is -0.152. The Hall–Kier alpha value is -1.40. The number of aromatic nitrogens is 2. The molecule has 0 saturated carbocycles. The summed E-state index contributed by atoms with van der Waals surface area (Å²) in [6.07, 6.45) is 2.71. The van der Waals surface area contributed by atoms with E-state index in [2.05, 4.69) is 21.9 Å². The Morgan fingerprint density at radius 3 is 2.71 bits per heavy atom. The lowest BCUT2D eigenvalue weighted by atomic mass is 10.1. The van der Waals surface area contributed by atoms with E-state index >= 15 is 0 Å². The molecule has 0 spiro atoms. The number of hydrogen-bond donors (Lipinski definition) is 0. The highest BCUT2D eigenvalue weighted by Gasteiger charge is 2.32. The first-order valence-corrected chi connectivity index (χ1v) is 7.50. The first-order valence-electron chi connectivity index (χ1n) is 7.50. The van der Waals surface area contributed by atoms with Crippen molar-refractivity contribution in [1.29, 1.82) is 0 Å². The van der Waals surface area contributed by atoms with Crippen molar-refractivity contribution in [3.63, 3.8) is 0 Å². The molecule has 2 heterocycles. The second-order valence-electron chi connectivity index (χ2n) is 6.08. The Morgan fingerprint density at radius 1 is 1.38 bits per heavy atom. The first kappa shape index (κ1) is 16.0. The Morgan fingerprint density at radius 2 is 2.10 bits per heavy atom. The number of methoxy groups -OCH3 is 1. The maximum Gasteiger partial charge on any atom is 0.203 e. The number of likely N-dealkylation sites (N-methyl/N-ethyl adjacent to an activating group) is 2. The highest BCUT2D eigenvalue weighted by Crippen LogP contribution is 2.24. The van der Waals surface area contributed by atoms with Crippen LogP contribution in [0.25, 0.3) is 0 Å². The van der Waals surface area contributed by atoms with Crippen LogP contribution in [-0.4, -0.2) is 72.2 Å². The third-order valence-electron chi connectivity index (χ3n) is 4.07. The van der Waals surface area contributed by atoms with Crippen molar-refractivity contribution in [2.24, 2.45) is 0 Å². The molecule has 0 amide bonds. The molecule has 1 aromatic heterocycles. The molecule has 0 N–H and O–H groups in total. The number of hydrogen-bond acceptors (Lipinski definition) is 5. The van der Waals surface area contributed by atoms with E-state index in [1.165, 1.54) is 0 Å². The Kier molecular flexibility index (Phi) is 5.00. The van der Waals surface area contributed by atoms with Gasteiger partial charge in [-0.1, -0.05) is 0 Å². The first-order chi connectivity index (χ1) is 9.95. The zero-order valence-corrected chi connectivity index (χ0v) is 13.7. The van der Waals surface area contributed by atoms with Crippen LogP contribution in [0.2, 0.25) is 0 Å². The molecule has 21 heavy (non-hydrogen) atoms. The zero-order chi connectivity index (χ0) is 15.6. The highest BCUT2D eigenvalue weighted by molar-refractivity contribution is 6.01. The van der Waals surface area contributed by atoms with Crippen molar-refractivity contribution in [2.45, 2.75) is 32.4 Å². The van der Waals surface area contributed by atoms with Crippen molar-refractivity contribution < 1.29 is 9.53 Å². The van der Waals surface area contributed by atoms with Crippen molar-refractivity contribution in [1.82, 2.24) is 19.6 Å². The summed E-state index contributed by atoms with van der Waals surface area (Å²) in [6, 6.07) is -0.0257. The van der Waals surface area contributed by atoms with Crippen molar-refractivity contribution in [3.05, 3.63) is 11.9 Å². The molecular weight excluding hydrogens is 268 g/mol.